The summed E-state index contributed by atoms with van der Waals surface area (Å²) in [7, 11) is 0. The van der Waals surface area contributed by atoms with E-state index in [1.165, 1.54) is 0 Å². The van der Waals surface area contributed by atoms with Crippen LogP contribution in [-0.4, -0.2) is 60.8 Å². The SMILES string of the molecule is CCNc1nccc(NCCN2CCOCC2)n1. The number of rotatable bonds is 6. The Hall–Kier alpha value is -1.40. The van der Waals surface area contributed by atoms with Crippen LogP contribution in [0.25, 0.3) is 0 Å². The second-order valence-electron chi connectivity index (χ2n) is 4.18. The van der Waals surface area contributed by atoms with E-state index in [1.54, 1.807) is 6.20 Å². The minimum absolute atomic E-state index is 0.675. The molecule has 0 atom stereocenters. The third-order valence-corrected chi connectivity index (χ3v) is 2.83. The standard InChI is InChI=1S/C12H21N5O/c1-2-13-12-15-4-3-11(16-12)14-5-6-17-7-9-18-10-8-17/h3-4H,2,5-10H2,1H3,(H2,13,14,15,16). The monoisotopic (exact) mass is 251 g/mol. The molecule has 0 spiro atoms. The van der Waals surface area contributed by atoms with Crippen molar-refractivity contribution in [3.8, 4) is 0 Å². The van der Waals surface area contributed by atoms with Gasteiger partial charge in [0.2, 0.25) is 5.95 Å². The van der Waals surface area contributed by atoms with Gasteiger partial charge in [-0.25, -0.2) is 4.98 Å². The molecule has 1 aliphatic heterocycles. The van der Waals surface area contributed by atoms with Gasteiger partial charge in [0.05, 0.1) is 13.2 Å². The van der Waals surface area contributed by atoms with E-state index in [1.807, 2.05) is 13.0 Å². The number of nitrogens with zero attached hydrogens (tertiary/aromatic N) is 3. The van der Waals surface area contributed by atoms with Crippen molar-refractivity contribution >= 4 is 11.8 Å². The molecule has 2 heterocycles. The van der Waals surface area contributed by atoms with Crippen LogP contribution in [0.4, 0.5) is 11.8 Å². The third kappa shape index (κ3) is 4.12. The van der Waals surface area contributed by atoms with Crippen LogP contribution in [0.3, 0.4) is 0 Å². The van der Waals surface area contributed by atoms with E-state index in [-0.39, 0.29) is 0 Å². The van der Waals surface area contributed by atoms with Gasteiger partial charge in [-0.3, -0.25) is 4.90 Å². The Bertz CT molecular complexity index is 354. The average molecular weight is 251 g/mol. The molecule has 100 valence electrons. The molecule has 1 aromatic heterocycles. The quantitative estimate of drug-likeness (QED) is 0.774. The Morgan fingerprint density at radius 2 is 2.17 bits per heavy atom. The van der Waals surface area contributed by atoms with Gasteiger partial charge in [-0.1, -0.05) is 0 Å². The Labute approximate surface area is 108 Å². The Balaban J connectivity index is 1.73. The van der Waals surface area contributed by atoms with Gasteiger partial charge >= 0.3 is 0 Å². The van der Waals surface area contributed by atoms with Crippen molar-refractivity contribution in [1.82, 2.24) is 14.9 Å². The lowest BCUT2D eigenvalue weighted by atomic mass is 10.4. The average Bonchev–Trinajstić information content (AvgIpc) is 2.41. The molecule has 0 bridgehead atoms. The molecule has 1 fully saturated rings. The molecule has 0 aliphatic carbocycles. The van der Waals surface area contributed by atoms with E-state index in [9.17, 15) is 0 Å². The molecule has 6 nitrogen and oxygen atoms in total. The van der Waals surface area contributed by atoms with Gasteiger partial charge in [0.25, 0.3) is 0 Å². The number of hydrogen-bond donors (Lipinski definition) is 2. The van der Waals surface area contributed by atoms with E-state index in [0.29, 0.717) is 5.95 Å². The van der Waals surface area contributed by atoms with Crippen LogP contribution in [0.1, 0.15) is 6.92 Å². The van der Waals surface area contributed by atoms with E-state index >= 15 is 0 Å². The smallest absolute Gasteiger partial charge is 0.224 e. The molecule has 2 rings (SSSR count). The van der Waals surface area contributed by atoms with Gasteiger partial charge in [-0.2, -0.15) is 4.98 Å². The summed E-state index contributed by atoms with van der Waals surface area (Å²) in [6.07, 6.45) is 1.77. The van der Waals surface area contributed by atoms with E-state index < -0.39 is 0 Å². The largest absolute Gasteiger partial charge is 0.379 e. The summed E-state index contributed by atoms with van der Waals surface area (Å²) in [6.45, 7) is 8.50. The molecule has 0 saturated carbocycles. The van der Waals surface area contributed by atoms with Crippen LogP contribution in [-0.2, 0) is 4.74 Å². The highest BCUT2D eigenvalue weighted by Gasteiger charge is 2.09. The van der Waals surface area contributed by atoms with Crippen LogP contribution < -0.4 is 10.6 Å². The number of anilines is 2. The Morgan fingerprint density at radius 3 is 2.94 bits per heavy atom. The van der Waals surface area contributed by atoms with E-state index in [2.05, 4.69) is 25.5 Å². The first kappa shape index (κ1) is 13.0. The normalized spacial score (nSPS) is 16.5. The fraction of sp³-hybridized carbons (Fsp3) is 0.667. The topological polar surface area (TPSA) is 62.3 Å². The first-order valence-electron chi connectivity index (χ1n) is 6.49. The van der Waals surface area contributed by atoms with Crippen molar-refractivity contribution in [2.45, 2.75) is 6.92 Å². The molecular formula is C12H21N5O. The maximum absolute atomic E-state index is 5.32. The zero-order chi connectivity index (χ0) is 12.6. The minimum Gasteiger partial charge on any atom is -0.379 e. The van der Waals surface area contributed by atoms with Crippen LogP contribution in [0.15, 0.2) is 12.3 Å². The van der Waals surface area contributed by atoms with Gasteiger partial charge in [0, 0.05) is 38.9 Å². The second-order valence-corrected chi connectivity index (χ2v) is 4.18. The first-order valence-corrected chi connectivity index (χ1v) is 6.49. The number of aromatic nitrogens is 2. The summed E-state index contributed by atoms with van der Waals surface area (Å²) < 4.78 is 5.32. The van der Waals surface area contributed by atoms with Gasteiger partial charge < -0.3 is 15.4 Å². The predicted molar refractivity (Wildman–Crippen MR) is 71.9 cm³/mol. The van der Waals surface area contributed by atoms with Crippen LogP contribution in [0, 0.1) is 0 Å². The summed E-state index contributed by atoms with van der Waals surface area (Å²) in [4.78, 5) is 10.9. The maximum Gasteiger partial charge on any atom is 0.224 e. The molecule has 0 aromatic carbocycles. The highest BCUT2D eigenvalue weighted by Crippen LogP contribution is 2.05. The Morgan fingerprint density at radius 1 is 1.33 bits per heavy atom. The fourth-order valence-electron chi connectivity index (χ4n) is 1.87. The van der Waals surface area contributed by atoms with Crippen LogP contribution >= 0.6 is 0 Å². The van der Waals surface area contributed by atoms with Crippen molar-refractivity contribution in [3.05, 3.63) is 12.3 Å². The first-order chi connectivity index (χ1) is 8.88. The van der Waals surface area contributed by atoms with Crippen molar-refractivity contribution in [2.75, 3.05) is 56.6 Å². The molecule has 1 aliphatic rings. The minimum atomic E-state index is 0.675. The van der Waals surface area contributed by atoms with Gasteiger partial charge in [0.1, 0.15) is 5.82 Å². The van der Waals surface area contributed by atoms with Crippen molar-refractivity contribution in [2.24, 2.45) is 0 Å². The van der Waals surface area contributed by atoms with Gasteiger partial charge in [-0.15, -0.1) is 0 Å². The van der Waals surface area contributed by atoms with Crippen molar-refractivity contribution in [1.29, 1.82) is 0 Å². The maximum atomic E-state index is 5.32. The third-order valence-electron chi connectivity index (χ3n) is 2.83. The molecule has 6 heteroatoms. The van der Waals surface area contributed by atoms with Crippen LogP contribution in [0.5, 0.6) is 0 Å². The summed E-state index contributed by atoms with van der Waals surface area (Å²) in [5, 5.41) is 6.42. The molecule has 18 heavy (non-hydrogen) atoms. The number of ether oxygens (including phenoxy) is 1. The lowest BCUT2D eigenvalue weighted by Crippen LogP contribution is -2.39. The molecule has 1 aromatic rings. The zero-order valence-electron chi connectivity index (χ0n) is 10.9. The van der Waals surface area contributed by atoms with Crippen LogP contribution in [0.2, 0.25) is 0 Å². The van der Waals surface area contributed by atoms with E-state index in [0.717, 1.165) is 51.8 Å². The number of nitrogens with one attached hydrogen (secondary N) is 2. The highest BCUT2D eigenvalue weighted by molar-refractivity contribution is 5.39. The Kier molecular flexibility index (Phi) is 5.16. The van der Waals surface area contributed by atoms with Gasteiger partial charge in [-0.05, 0) is 13.0 Å². The van der Waals surface area contributed by atoms with E-state index in [4.69, 9.17) is 4.74 Å². The summed E-state index contributed by atoms with van der Waals surface area (Å²) in [5.41, 5.74) is 0. The molecule has 0 radical (unpaired) electrons. The highest BCUT2D eigenvalue weighted by atomic mass is 16.5. The summed E-state index contributed by atoms with van der Waals surface area (Å²) >= 11 is 0. The fourth-order valence-corrected chi connectivity index (χ4v) is 1.87. The molecule has 1 saturated heterocycles. The number of hydrogen-bond acceptors (Lipinski definition) is 6. The lowest BCUT2D eigenvalue weighted by Gasteiger charge is -2.26. The molecule has 0 unspecified atom stereocenters. The lowest BCUT2D eigenvalue weighted by molar-refractivity contribution is 0.0398. The summed E-state index contributed by atoms with van der Waals surface area (Å²) in [5.74, 6) is 1.54. The van der Waals surface area contributed by atoms with Crippen molar-refractivity contribution in [3.63, 3.8) is 0 Å². The predicted octanol–water partition coefficient (Wildman–Crippen LogP) is 0.652. The second kappa shape index (κ2) is 7.13. The number of morpholine rings is 1. The summed E-state index contributed by atoms with van der Waals surface area (Å²) in [6, 6.07) is 1.89. The van der Waals surface area contributed by atoms with Gasteiger partial charge in [0.15, 0.2) is 0 Å². The van der Waals surface area contributed by atoms with Crippen molar-refractivity contribution < 1.29 is 4.74 Å². The molecule has 0 amide bonds. The molecule has 2 N–H and O–H groups in total. The zero-order valence-corrected chi connectivity index (χ0v) is 10.9. The molecular weight excluding hydrogens is 230 g/mol.